The minimum Gasteiger partial charge on any atom is -0.507 e. The third-order valence-electron chi connectivity index (χ3n) is 4.82. The number of amides is 1. The van der Waals surface area contributed by atoms with Gasteiger partial charge in [-0.15, -0.1) is 5.10 Å². The molecule has 0 bridgehead atoms. The molecule has 3 aromatic rings. The lowest BCUT2D eigenvalue weighted by Crippen LogP contribution is -2.28. The predicted molar refractivity (Wildman–Crippen MR) is 135 cm³/mol. The molecule has 0 unspecified atom stereocenters. The third kappa shape index (κ3) is 5.35. The van der Waals surface area contributed by atoms with Gasteiger partial charge in [-0.1, -0.05) is 22.0 Å². The van der Waals surface area contributed by atoms with Gasteiger partial charge in [-0.05, 0) is 65.9 Å². The van der Waals surface area contributed by atoms with E-state index in [4.69, 9.17) is 13.9 Å². The van der Waals surface area contributed by atoms with Gasteiger partial charge in [0.05, 0.1) is 38.1 Å². The largest absolute Gasteiger partial charge is 0.507 e. The van der Waals surface area contributed by atoms with Crippen molar-refractivity contribution in [1.82, 2.24) is 4.90 Å². The lowest BCUT2D eigenvalue weighted by molar-refractivity contribution is -0.122. The summed E-state index contributed by atoms with van der Waals surface area (Å²) in [6, 6.07) is 13.9. The third-order valence-corrected chi connectivity index (χ3v) is 6.31. The second-order valence-corrected chi connectivity index (χ2v) is 8.95. The second kappa shape index (κ2) is 10.6. The normalized spacial score (nSPS) is 16.2. The van der Waals surface area contributed by atoms with Gasteiger partial charge in [-0.2, -0.15) is 5.10 Å². The van der Waals surface area contributed by atoms with Gasteiger partial charge in [-0.3, -0.25) is 9.69 Å². The first-order chi connectivity index (χ1) is 16.5. The van der Waals surface area contributed by atoms with Gasteiger partial charge in [0.15, 0.2) is 16.7 Å². The minimum atomic E-state index is -0.226. The summed E-state index contributed by atoms with van der Waals surface area (Å²) in [6.45, 7) is 0.207. The molecule has 8 nitrogen and oxygen atoms in total. The zero-order valence-electron chi connectivity index (χ0n) is 18.3. The van der Waals surface area contributed by atoms with Gasteiger partial charge in [0, 0.05) is 10.0 Å². The summed E-state index contributed by atoms with van der Waals surface area (Å²) in [5.41, 5.74) is 1.27. The van der Waals surface area contributed by atoms with Gasteiger partial charge in [-0.25, -0.2) is 0 Å². The number of nitrogens with zero attached hydrogens (tertiary/aromatic N) is 3. The van der Waals surface area contributed by atoms with E-state index in [9.17, 15) is 9.90 Å². The number of methoxy groups -OCH3 is 2. The number of amidine groups is 1. The van der Waals surface area contributed by atoms with Crippen LogP contribution in [0.2, 0.25) is 0 Å². The standard InChI is InChI=1S/C24H20BrN3O5S/c1-31-20-8-5-15(10-21(20)32-2)11-22-23(30)28(14-18-4-3-9-33-18)24(34-22)27-26-13-16-12-17(25)6-7-19(16)29/h3-13,29H,14H2,1-2H3/b22-11-,26-13-,27-24+. The zero-order valence-corrected chi connectivity index (χ0v) is 20.7. The molecule has 174 valence electrons. The molecule has 1 aromatic heterocycles. The van der Waals surface area contributed by atoms with E-state index in [0.29, 0.717) is 32.9 Å². The number of carbonyl (C=O) groups is 1. The summed E-state index contributed by atoms with van der Waals surface area (Å²) in [7, 11) is 3.12. The maximum absolute atomic E-state index is 13.2. The summed E-state index contributed by atoms with van der Waals surface area (Å²) in [6.07, 6.45) is 4.74. The number of thioether (sulfide) groups is 1. The van der Waals surface area contributed by atoms with Crippen molar-refractivity contribution in [3.05, 3.63) is 81.1 Å². The summed E-state index contributed by atoms with van der Waals surface area (Å²) in [4.78, 5) is 15.2. The van der Waals surface area contributed by atoms with Crippen molar-refractivity contribution in [1.29, 1.82) is 0 Å². The van der Waals surface area contributed by atoms with Crippen molar-refractivity contribution in [3.63, 3.8) is 0 Å². The monoisotopic (exact) mass is 541 g/mol. The molecule has 1 saturated heterocycles. The maximum Gasteiger partial charge on any atom is 0.267 e. The minimum absolute atomic E-state index is 0.0729. The molecule has 1 aliphatic heterocycles. The molecule has 0 radical (unpaired) electrons. The molecule has 2 heterocycles. The molecular weight excluding hydrogens is 522 g/mol. The van der Waals surface area contributed by atoms with E-state index in [1.54, 1.807) is 69.0 Å². The fourth-order valence-electron chi connectivity index (χ4n) is 3.14. The Morgan fingerprint density at radius 1 is 1.15 bits per heavy atom. The van der Waals surface area contributed by atoms with Crippen LogP contribution in [-0.2, 0) is 11.3 Å². The van der Waals surface area contributed by atoms with E-state index < -0.39 is 0 Å². The summed E-state index contributed by atoms with van der Waals surface area (Å²) in [5.74, 6) is 1.62. The Bertz CT molecular complexity index is 1290. The number of aromatic hydroxyl groups is 1. The van der Waals surface area contributed by atoms with Crippen LogP contribution < -0.4 is 9.47 Å². The topological polar surface area (TPSA) is 96.9 Å². The fourth-order valence-corrected chi connectivity index (χ4v) is 4.46. The zero-order chi connectivity index (χ0) is 24.1. The molecule has 0 spiro atoms. The number of benzene rings is 2. The molecule has 0 aliphatic carbocycles. The Balaban J connectivity index is 1.65. The van der Waals surface area contributed by atoms with Gasteiger partial charge in [0.25, 0.3) is 5.91 Å². The first kappa shape index (κ1) is 23.7. The average molecular weight is 542 g/mol. The van der Waals surface area contributed by atoms with Crippen LogP contribution in [0.15, 0.2) is 78.8 Å². The Labute approximate surface area is 208 Å². The Morgan fingerprint density at radius 2 is 1.97 bits per heavy atom. The van der Waals surface area contributed by atoms with Crippen LogP contribution in [0.1, 0.15) is 16.9 Å². The van der Waals surface area contributed by atoms with Crippen LogP contribution >= 0.6 is 27.7 Å². The molecule has 1 N–H and O–H groups in total. The first-order valence-corrected chi connectivity index (χ1v) is 11.6. The molecule has 1 aliphatic rings. The van der Waals surface area contributed by atoms with Crippen LogP contribution in [-0.4, -0.2) is 41.5 Å². The van der Waals surface area contributed by atoms with E-state index in [0.717, 1.165) is 10.0 Å². The van der Waals surface area contributed by atoms with E-state index in [-0.39, 0.29) is 18.2 Å². The number of hydrogen-bond acceptors (Lipinski definition) is 8. The van der Waals surface area contributed by atoms with Crippen molar-refractivity contribution in [3.8, 4) is 17.2 Å². The Morgan fingerprint density at radius 3 is 2.71 bits per heavy atom. The van der Waals surface area contributed by atoms with Gasteiger partial charge in [0.1, 0.15) is 11.5 Å². The highest BCUT2D eigenvalue weighted by Gasteiger charge is 2.34. The molecule has 34 heavy (non-hydrogen) atoms. The number of rotatable bonds is 7. The number of halogens is 1. The Hall–Kier alpha value is -3.50. The highest BCUT2D eigenvalue weighted by atomic mass is 79.9. The number of ether oxygens (including phenoxy) is 2. The SMILES string of the molecule is COc1ccc(/C=C2\S/C(=N/N=C\c3cc(Br)ccc3O)N(Cc3ccco3)C2=O)cc1OC. The quantitative estimate of drug-likeness (QED) is 0.248. The Kier molecular flexibility index (Phi) is 7.39. The van der Waals surface area contributed by atoms with Crippen molar-refractivity contribution in [2.45, 2.75) is 6.54 Å². The summed E-state index contributed by atoms with van der Waals surface area (Å²) >= 11 is 4.56. The van der Waals surface area contributed by atoms with E-state index >= 15 is 0 Å². The summed E-state index contributed by atoms with van der Waals surface area (Å²) < 4.78 is 16.9. The number of furan rings is 1. The average Bonchev–Trinajstić information content (AvgIpc) is 3.45. The lowest BCUT2D eigenvalue weighted by atomic mass is 10.2. The van der Waals surface area contributed by atoms with Gasteiger partial charge >= 0.3 is 0 Å². The van der Waals surface area contributed by atoms with Gasteiger partial charge in [0.2, 0.25) is 0 Å². The predicted octanol–water partition coefficient (Wildman–Crippen LogP) is 5.27. The number of hydrogen-bond donors (Lipinski definition) is 1. The molecule has 4 rings (SSSR count). The molecular formula is C24H20BrN3O5S. The number of phenolic OH excluding ortho intramolecular Hbond substituents is 1. The van der Waals surface area contributed by atoms with E-state index in [1.165, 1.54) is 22.9 Å². The van der Waals surface area contributed by atoms with Crippen LogP contribution in [0.4, 0.5) is 0 Å². The highest BCUT2D eigenvalue weighted by Crippen LogP contribution is 2.35. The molecule has 0 atom stereocenters. The lowest BCUT2D eigenvalue weighted by Gasteiger charge is -2.12. The molecule has 1 fully saturated rings. The maximum atomic E-state index is 13.2. The van der Waals surface area contributed by atoms with Crippen LogP contribution in [0.25, 0.3) is 6.08 Å². The van der Waals surface area contributed by atoms with E-state index in [1.807, 2.05) is 6.07 Å². The molecule has 0 saturated carbocycles. The van der Waals surface area contributed by atoms with Crippen molar-refractivity contribution in [2.75, 3.05) is 14.2 Å². The van der Waals surface area contributed by atoms with Crippen LogP contribution in [0.3, 0.4) is 0 Å². The van der Waals surface area contributed by atoms with Crippen LogP contribution in [0.5, 0.6) is 17.2 Å². The number of phenols is 1. The molecule has 10 heteroatoms. The van der Waals surface area contributed by atoms with Crippen molar-refractivity contribution in [2.24, 2.45) is 10.2 Å². The fraction of sp³-hybridized carbons (Fsp3) is 0.125. The summed E-state index contributed by atoms with van der Waals surface area (Å²) in [5, 5.41) is 18.8. The van der Waals surface area contributed by atoms with Gasteiger partial charge < -0.3 is 19.0 Å². The molecule has 2 aromatic carbocycles. The highest BCUT2D eigenvalue weighted by molar-refractivity contribution is 9.10. The molecule has 1 amide bonds. The first-order valence-electron chi connectivity index (χ1n) is 10.0. The van der Waals surface area contributed by atoms with Crippen molar-refractivity contribution < 1.29 is 23.8 Å². The van der Waals surface area contributed by atoms with E-state index in [2.05, 4.69) is 26.1 Å². The smallest absolute Gasteiger partial charge is 0.267 e. The number of carbonyl (C=O) groups excluding carboxylic acids is 1. The second-order valence-electron chi connectivity index (χ2n) is 7.03. The van der Waals surface area contributed by atoms with Crippen molar-refractivity contribution >= 4 is 51.1 Å². The van der Waals surface area contributed by atoms with Crippen LogP contribution in [0, 0.1) is 0 Å².